The van der Waals surface area contributed by atoms with Crippen molar-refractivity contribution < 1.29 is 14.3 Å². The number of nitriles is 2. The molecule has 8 nitrogen and oxygen atoms in total. The van der Waals surface area contributed by atoms with Gasteiger partial charge < -0.3 is 20.0 Å². The second-order valence-electron chi connectivity index (χ2n) is 8.09. The predicted octanol–water partition coefficient (Wildman–Crippen LogP) is 5.26. The van der Waals surface area contributed by atoms with Crippen molar-refractivity contribution in [1.29, 1.82) is 10.5 Å². The summed E-state index contributed by atoms with van der Waals surface area (Å²) in [6.45, 7) is 4.08. The summed E-state index contributed by atoms with van der Waals surface area (Å²) < 4.78 is 11.5. The van der Waals surface area contributed by atoms with E-state index in [1.165, 1.54) is 11.8 Å². The number of ether oxygens (including phenoxy) is 1. The van der Waals surface area contributed by atoms with Crippen LogP contribution in [-0.2, 0) is 12.2 Å². The summed E-state index contributed by atoms with van der Waals surface area (Å²) in [5.74, 6) is 2.36. The molecule has 0 spiro atoms. The number of aromatic nitrogens is 2. The van der Waals surface area contributed by atoms with Gasteiger partial charge in [-0.2, -0.15) is 10.5 Å². The molecule has 186 valence electrons. The van der Waals surface area contributed by atoms with Gasteiger partial charge in [0.2, 0.25) is 5.89 Å². The van der Waals surface area contributed by atoms with Crippen LogP contribution in [0.2, 0.25) is 0 Å². The molecule has 37 heavy (non-hydrogen) atoms. The van der Waals surface area contributed by atoms with E-state index < -0.39 is 0 Å². The van der Waals surface area contributed by atoms with E-state index in [0.29, 0.717) is 40.0 Å². The lowest BCUT2D eigenvalue weighted by molar-refractivity contribution is 0.201. The van der Waals surface area contributed by atoms with Gasteiger partial charge in [0, 0.05) is 23.3 Å². The van der Waals surface area contributed by atoms with Gasteiger partial charge in [-0.25, -0.2) is 9.97 Å². The standard InChI is InChI=1S/C28H25N5O3S/c1-3-24-23(32-27(36-24)20-7-5-4-6-17(20)2)16-37-28-22(15-30)25(21(14-29)26(31)33-28)18-8-10-19(11-9-18)35-13-12-34/h4-11,34H,3,12-13,16H2,1-2H3,(H2,31,33). The Labute approximate surface area is 219 Å². The average molecular weight is 512 g/mol. The number of aryl methyl sites for hydroxylation is 2. The van der Waals surface area contributed by atoms with Crippen LogP contribution >= 0.6 is 11.8 Å². The Hall–Kier alpha value is -4.31. The third-order valence-electron chi connectivity index (χ3n) is 5.74. The quantitative estimate of drug-likeness (QED) is 0.288. The first-order valence-electron chi connectivity index (χ1n) is 11.7. The zero-order chi connectivity index (χ0) is 26.4. The minimum Gasteiger partial charge on any atom is -0.491 e. The van der Waals surface area contributed by atoms with Gasteiger partial charge in [-0.1, -0.05) is 49.0 Å². The average Bonchev–Trinajstić information content (AvgIpc) is 3.33. The van der Waals surface area contributed by atoms with Gasteiger partial charge in [-0.05, 0) is 36.2 Å². The van der Waals surface area contributed by atoms with E-state index in [4.69, 9.17) is 25.0 Å². The largest absolute Gasteiger partial charge is 0.491 e. The lowest BCUT2D eigenvalue weighted by Gasteiger charge is -2.13. The van der Waals surface area contributed by atoms with E-state index in [1.807, 2.05) is 38.1 Å². The maximum Gasteiger partial charge on any atom is 0.226 e. The number of benzene rings is 2. The number of rotatable bonds is 9. The van der Waals surface area contributed by atoms with E-state index in [2.05, 4.69) is 17.1 Å². The van der Waals surface area contributed by atoms with Crippen LogP contribution in [0.15, 0.2) is 58.0 Å². The van der Waals surface area contributed by atoms with Crippen molar-refractivity contribution in [2.45, 2.75) is 31.0 Å². The fourth-order valence-corrected chi connectivity index (χ4v) is 4.86. The lowest BCUT2D eigenvalue weighted by Crippen LogP contribution is -2.04. The van der Waals surface area contributed by atoms with E-state index >= 15 is 0 Å². The first kappa shape index (κ1) is 25.8. The summed E-state index contributed by atoms with van der Waals surface area (Å²) >= 11 is 1.33. The van der Waals surface area contributed by atoms with Crippen molar-refractivity contribution in [2.75, 3.05) is 18.9 Å². The second-order valence-corrected chi connectivity index (χ2v) is 9.06. The molecular weight excluding hydrogens is 486 g/mol. The predicted molar refractivity (Wildman–Crippen MR) is 142 cm³/mol. The summed E-state index contributed by atoms with van der Waals surface area (Å²) in [7, 11) is 0. The van der Waals surface area contributed by atoms with Crippen molar-refractivity contribution >= 4 is 17.6 Å². The fourth-order valence-electron chi connectivity index (χ4n) is 3.91. The summed E-state index contributed by atoms with van der Waals surface area (Å²) in [6.07, 6.45) is 0.665. The molecule has 0 atom stereocenters. The number of oxazole rings is 1. The molecular formula is C28H25N5O3S. The van der Waals surface area contributed by atoms with Gasteiger partial charge in [0.15, 0.2) is 0 Å². The van der Waals surface area contributed by atoms with Crippen LogP contribution in [0, 0.1) is 29.6 Å². The number of aliphatic hydroxyl groups is 1. The minimum atomic E-state index is -0.0991. The van der Waals surface area contributed by atoms with Crippen LogP contribution in [0.4, 0.5) is 5.82 Å². The monoisotopic (exact) mass is 511 g/mol. The number of nitrogen functional groups attached to an aromatic ring is 1. The number of hydrogen-bond acceptors (Lipinski definition) is 9. The Morgan fingerprint density at radius 3 is 2.43 bits per heavy atom. The zero-order valence-electron chi connectivity index (χ0n) is 20.5. The summed E-state index contributed by atoms with van der Waals surface area (Å²) in [4.78, 5) is 9.13. The Morgan fingerprint density at radius 1 is 1.05 bits per heavy atom. The summed E-state index contributed by atoms with van der Waals surface area (Å²) in [5, 5.41) is 29.3. The number of nitrogens with two attached hydrogens (primary N) is 1. The van der Waals surface area contributed by atoms with Gasteiger partial charge >= 0.3 is 0 Å². The van der Waals surface area contributed by atoms with Crippen molar-refractivity contribution in [3.05, 3.63) is 76.7 Å². The second kappa shape index (κ2) is 11.6. The molecule has 0 saturated heterocycles. The molecule has 3 N–H and O–H groups in total. The van der Waals surface area contributed by atoms with E-state index in [0.717, 1.165) is 22.6 Å². The van der Waals surface area contributed by atoms with Gasteiger partial charge in [-0.3, -0.25) is 0 Å². The van der Waals surface area contributed by atoms with Crippen molar-refractivity contribution in [3.8, 4) is 40.5 Å². The fraction of sp³-hybridized carbons (Fsp3) is 0.214. The molecule has 2 aromatic heterocycles. The molecule has 0 fully saturated rings. The van der Waals surface area contributed by atoms with Crippen molar-refractivity contribution in [1.82, 2.24) is 9.97 Å². The highest BCUT2D eigenvalue weighted by molar-refractivity contribution is 7.98. The molecule has 4 rings (SSSR count). The Kier molecular flexibility index (Phi) is 8.09. The van der Waals surface area contributed by atoms with Crippen LogP contribution < -0.4 is 10.5 Å². The molecule has 2 aromatic carbocycles. The van der Waals surface area contributed by atoms with Crippen LogP contribution in [-0.4, -0.2) is 28.3 Å². The zero-order valence-corrected chi connectivity index (χ0v) is 21.3. The summed E-state index contributed by atoms with van der Waals surface area (Å²) in [6, 6.07) is 19.1. The SMILES string of the molecule is CCc1oc(-c2ccccc2C)nc1CSc1nc(N)c(C#N)c(-c2ccc(OCCO)cc2)c1C#N. The first-order chi connectivity index (χ1) is 18.0. The third kappa shape index (κ3) is 5.44. The highest BCUT2D eigenvalue weighted by Gasteiger charge is 2.22. The number of thioether (sulfide) groups is 1. The first-order valence-corrected chi connectivity index (χ1v) is 12.6. The molecule has 0 unspecified atom stereocenters. The minimum absolute atomic E-state index is 0.0519. The van der Waals surface area contributed by atoms with Gasteiger partial charge in [-0.15, -0.1) is 0 Å². The van der Waals surface area contributed by atoms with Crippen LogP contribution in [0.25, 0.3) is 22.6 Å². The van der Waals surface area contributed by atoms with Gasteiger partial charge in [0.05, 0.1) is 17.9 Å². The highest BCUT2D eigenvalue weighted by Crippen LogP contribution is 2.38. The summed E-state index contributed by atoms with van der Waals surface area (Å²) in [5.41, 5.74) is 10.4. The smallest absolute Gasteiger partial charge is 0.226 e. The Balaban J connectivity index is 1.69. The normalized spacial score (nSPS) is 10.6. The molecule has 0 radical (unpaired) electrons. The molecule has 0 aliphatic rings. The van der Waals surface area contributed by atoms with Crippen molar-refractivity contribution in [3.63, 3.8) is 0 Å². The molecule has 0 aliphatic carbocycles. The number of aliphatic hydroxyl groups excluding tert-OH is 1. The molecule has 0 bridgehead atoms. The number of nitrogens with zero attached hydrogens (tertiary/aromatic N) is 4. The third-order valence-corrected chi connectivity index (χ3v) is 6.73. The molecule has 9 heteroatoms. The van der Waals surface area contributed by atoms with E-state index in [1.54, 1.807) is 24.3 Å². The Bertz CT molecular complexity index is 1500. The van der Waals surface area contributed by atoms with Crippen LogP contribution in [0.1, 0.15) is 35.1 Å². The maximum atomic E-state index is 10.1. The Morgan fingerprint density at radius 2 is 1.78 bits per heavy atom. The topological polar surface area (TPSA) is 142 Å². The number of hydrogen-bond donors (Lipinski definition) is 2. The molecule has 0 aliphatic heterocycles. The van der Waals surface area contributed by atoms with Crippen LogP contribution in [0.3, 0.4) is 0 Å². The van der Waals surface area contributed by atoms with Gasteiger partial charge in [0.1, 0.15) is 46.7 Å². The molecule has 4 aromatic rings. The van der Waals surface area contributed by atoms with Crippen LogP contribution in [0.5, 0.6) is 5.75 Å². The van der Waals surface area contributed by atoms with Gasteiger partial charge in [0.25, 0.3) is 0 Å². The molecule has 0 saturated carbocycles. The lowest BCUT2D eigenvalue weighted by atomic mass is 9.97. The highest BCUT2D eigenvalue weighted by atomic mass is 32.2. The number of pyridine rings is 1. The van der Waals surface area contributed by atoms with Crippen molar-refractivity contribution in [2.24, 2.45) is 0 Å². The van der Waals surface area contributed by atoms with E-state index in [-0.39, 0.29) is 30.2 Å². The molecule has 2 heterocycles. The number of anilines is 1. The maximum absolute atomic E-state index is 10.1. The van der Waals surface area contributed by atoms with E-state index in [9.17, 15) is 10.5 Å². The molecule has 0 amide bonds.